The first-order valence-corrected chi connectivity index (χ1v) is 11.9. The number of para-hydroxylation sites is 1. The van der Waals surface area contributed by atoms with Gasteiger partial charge >= 0.3 is 0 Å². The molecule has 0 spiro atoms. The van der Waals surface area contributed by atoms with Gasteiger partial charge in [0.25, 0.3) is 5.91 Å². The Labute approximate surface area is 208 Å². The van der Waals surface area contributed by atoms with Crippen LogP contribution in [-0.4, -0.2) is 22.9 Å². The van der Waals surface area contributed by atoms with Crippen LogP contribution in [0.4, 0.5) is 0 Å². The molecular formula is C30H23ClN2O2. The van der Waals surface area contributed by atoms with Crippen molar-refractivity contribution in [3.63, 3.8) is 0 Å². The van der Waals surface area contributed by atoms with Crippen molar-refractivity contribution in [3.05, 3.63) is 124 Å². The van der Waals surface area contributed by atoms with Gasteiger partial charge in [0.05, 0.1) is 18.8 Å². The number of benzene rings is 4. The van der Waals surface area contributed by atoms with Crippen LogP contribution in [0.2, 0.25) is 5.02 Å². The van der Waals surface area contributed by atoms with Gasteiger partial charge in [0.1, 0.15) is 5.75 Å². The van der Waals surface area contributed by atoms with E-state index in [4.69, 9.17) is 16.3 Å². The van der Waals surface area contributed by atoms with Crippen LogP contribution < -0.4 is 4.74 Å². The minimum Gasteiger partial charge on any atom is -0.497 e. The van der Waals surface area contributed by atoms with Crippen LogP contribution in [0.25, 0.3) is 22.2 Å². The molecule has 2 heterocycles. The number of H-pyrrole nitrogens is 1. The summed E-state index contributed by atoms with van der Waals surface area (Å²) in [5, 5.41) is 1.79. The van der Waals surface area contributed by atoms with E-state index in [2.05, 4.69) is 23.2 Å². The predicted octanol–water partition coefficient (Wildman–Crippen LogP) is 7.24. The predicted molar refractivity (Wildman–Crippen MR) is 140 cm³/mol. The number of aromatic nitrogens is 1. The van der Waals surface area contributed by atoms with Gasteiger partial charge in [-0.05, 0) is 53.1 Å². The van der Waals surface area contributed by atoms with E-state index in [0.29, 0.717) is 11.6 Å². The molecule has 1 atom stereocenters. The molecule has 1 N–H and O–H groups in total. The minimum atomic E-state index is -0.234. The van der Waals surface area contributed by atoms with Gasteiger partial charge in [0.15, 0.2) is 0 Å². The zero-order valence-corrected chi connectivity index (χ0v) is 19.9. The number of nitrogens with zero attached hydrogens (tertiary/aromatic N) is 1. The van der Waals surface area contributed by atoms with Gasteiger partial charge < -0.3 is 14.6 Å². The van der Waals surface area contributed by atoms with Crippen molar-refractivity contribution in [2.75, 3.05) is 7.11 Å². The Morgan fingerprint density at radius 3 is 2.37 bits per heavy atom. The van der Waals surface area contributed by atoms with E-state index in [-0.39, 0.29) is 11.9 Å². The fourth-order valence-corrected chi connectivity index (χ4v) is 5.19. The van der Waals surface area contributed by atoms with Crippen molar-refractivity contribution in [1.82, 2.24) is 9.88 Å². The lowest BCUT2D eigenvalue weighted by Crippen LogP contribution is -2.28. The van der Waals surface area contributed by atoms with Gasteiger partial charge in [-0.25, -0.2) is 0 Å². The minimum absolute atomic E-state index is 0.0359. The Hall–Kier alpha value is -4.02. The molecule has 4 aromatic carbocycles. The van der Waals surface area contributed by atoms with Crippen LogP contribution in [0, 0.1) is 0 Å². The first-order chi connectivity index (χ1) is 17.1. The summed E-state index contributed by atoms with van der Waals surface area (Å²) in [7, 11) is 1.65. The molecule has 1 aliphatic heterocycles. The van der Waals surface area contributed by atoms with Crippen LogP contribution >= 0.6 is 11.6 Å². The number of rotatable bonds is 5. The molecule has 0 radical (unpaired) electrons. The third-order valence-corrected chi connectivity index (χ3v) is 6.97. The van der Waals surface area contributed by atoms with Crippen LogP contribution in [0.3, 0.4) is 0 Å². The van der Waals surface area contributed by atoms with E-state index in [1.54, 1.807) is 7.11 Å². The maximum absolute atomic E-state index is 13.7. The Kier molecular flexibility index (Phi) is 5.31. The molecule has 4 nitrogen and oxygen atoms in total. The number of hydrogen-bond acceptors (Lipinski definition) is 2. The van der Waals surface area contributed by atoms with E-state index in [9.17, 15) is 4.79 Å². The van der Waals surface area contributed by atoms with Crippen molar-refractivity contribution < 1.29 is 9.53 Å². The molecule has 1 aromatic heterocycles. The van der Waals surface area contributed by atoms with E-state index in [1.807, 2.05) is 83.8 Å². The van der Waals surface area contributed by atoms with E-state index in [0.717, 1.165) is 50.2 Å². The first-order valence-electron chi connectivity index (χ1n) is 11.5. The summed E-state index contributed by atoms with van der Waals surface area (Å²) >= 11 is 6.19. The Morgan fingerprint density at radius 1 is 0.886 bits per heavy atom. The third-order valence-electron chi connectivity index (χ3n) is 6.72. The average molecular weight is 479 g/mol. The number of aromatic amines is 1. The lowest BCUT2D eigenvalue weighted by atomic mass is 9.93. The number of amides is 1. The van der Waals surface area contributed by atoms with Crippen molar-refractivity contribution in [1.29, 1.82) is 0 Å². The molecule has 5 aromatic rings. The second-order valence-electron chi connectivity index (χ2n) is 8.74. The monoisotopic (exact) mass is 478 g/mol. The summed E-state index contributed by atoms with van der Waals surface area (Å²) in [6.45, 7) is 0.488. The molecule has 0 fully saturated rings. The highest BCUT2D eigenvalue weighted by Crippen LogP contribution is 2.46. The van der Waals surface area contributed by atoms with Crippen LogP contribution in [0.5, 0.6) is 5.75 Å². The molecule has 172 valence electrons. The molecule has 0 saturated heterocycles. The van der Waals surface area contributed by atoms with E-state index in [1.165, 1.54) is 0 Å². The standard InChI is InChI=1S/C30H23ClN2O2/c1-35-22-16-10-19(11-17-22)18-33-29(23-6-2-3-7-24(23)30(33)34)27-25-8-4-5-9-26(25)32-28(27)20-12-14-21(31)15-13-20/h2-17,29,32H,18H2,1H3/t29-/m1/s1. The number of halogens is 1. The SMILES string of the molecule is COc1ccc(CN2C(=O)c3ccccc3[C@@H]2c2c(-c3ccc(Cl)cc3)[nH]c3ccccc23)cc1. The third kappa shape index (κ3) is 3.67. The van der Waals surface area contributed by atoms with Crippen LogP contribution in [0.1, 0.15) is 33.1 Å². The van der Waals surface area contributed by atoms with Gasteiger partial charge in [-0.3, -0.25) is 4.79 Å². The lowest BCUT2D eigenvalue weighted by molar-refractivity contribution is 0.0737. The van der Waals surface area contributed by atoms with Gasteiger partial charge in [-0.1, -0.05) is 72.3 Å². The molecule has 0 bridgehead atoms. The molecule has 6 rings (SSSR count). The zero-order valence-electron chi connectivity index (χ0n) is 19.2. The van der Waals surface area contributed by atoms with Crippen LogP contribution in [-0.2, 0) is 6.54 Å². The highest BCUT2D eigenvalue weighted by molar-refractivity contribution is 6.30. The van der Waals surface area contributed by atoms with Gasteiger partial charge in [0, 0.05) is 33.6 Å². The maximum atomic E-state index is 13.7. The number of nitrogens with one attached hydrogen (secondary N) is 1. The number of methoxy groups -OCH3 is 1. The number of hydrogen-bond donors (Lipinski definition) is 1. The Morgan fingerprint density at radius 2 is 1.60 bits per heavy atom. The molecule has 0 saturated carbocycles. The molecule has 0 aliphatic carbocycles. The summed E-state index contributed by atoms with van der Waals surface area (Å²) < 4.78 is 5.32. The number of carbonyl (C=O) groups is 1. The number of fused-ring (bicyclic) bond motifs is 2. The summed E-state index contributed by atoms with van der Waals surface area (Å²) in [6, 6.07) is 31.7. The Bertz CT molecular complexity index is 1540. The fourth-order valence-electron chi connectivity index (χ4n) is 5.06. The molecule has 35 heavy (non-hydrogen) atoms. The van der Waals surface area contributed by atoms with Gasteiger partial charge in [0.2, 0.25) is 0 Å². The number of ether oxygens (including phenoxy) is 1. The lowest BCUT2D eigenvalue weighted by Gasteiger charge is -2.27. The number of carbonyl (C=O) groups excluding carboxylic acids is 1. The largest absolute Gasteiger partial charge is 0.497 e. The van der Waals surface area contributed by atoms with Crippen molar-refractivity contribution in [2.24, 2.45) is 0 Å². The van der Waals surface area contributed by atoms with Crippen molar-refractivity contribution in [3.8, 4) is 17.0 Å². The quantitative estimate of drug-likeness (QED) is 0.289. The maximum Gasteiger partial charge on any atom is 0.255 e. The fraction of sp³-hybridized carbons (Fsp3) is 0.100. The highest BCUT2D eigenvalue weighted by atomic mass is 35.5. The van der Waals surface area contributed by atoms with Crippen molar-refractivity contribution >= 4 is 28.4 Å². The van der Waals surface area contributed by atoms with E-state index < -0.39 is 0 Å². The highest BCUT2D eigenvalue weighted by Gasteiger charge is 2.40. The molecule has 5 heteroatoms. The molecular weight excluding hydrogens is 456 g/mol. The average Bonchev–Trinajstić information content (AvgIpc) is 3.40. The molecule has 1 amide bonds. The topological polar surface area (TPSA) is 45.3 Å². The Balaban J connectivity index is 1.55. The molecule has 0 unspecified atom stereocenters. The zero-order chi connectivity index (χ0) is 23.9. The summed E-state index contributed by atoms with van der Waals surface area (Å²) in [5.74, 6) is 0.830. The van der Waals surface area contributed by atoms with Crippen LogP contribution in [0.15, 0.2) is 97.1 Å². The summed E-state index contributed by atoms with van der Waals surface area (Å²) in [6.07, 6.45) is 0. The first kappa shape index (κ1) is 21.5. The normalized spacial score (nSPS) is 15.0. The summed E-state index contributed by atoms with van der Waals surface area (Å²) in [4.78, 5) is 19.3. The van der Waals surface area contributed by atoms with Gasteiger partial charge in [-0.15, -0.1) is 0 Å². The van der Waals surface area contributed by atoms with Gasteiger partial charge in [-0.2, -0.15) is 0 Å². The second-order valence-corrected chi connectivity index (χ2v) is 9.17. The molecule has 1 aliphatic rings. The smallest absolute Gasteiger partial charge is 0.255 e. The van der Waals surface area contributed by atoms with Crippen molar-refractivity contribution in [2.45, 2.75) is 12.6 Å². The summed E-state index contributed by atoms with van der Waals surface area (Å²) in [5.41, 5.74) is 6.97. The second kappa shape index (κ2) is 8.64. The van der Waals surface area contributed by atoms with E-state index >= 15 is 0 Å².